The molecule has 7 nitrogen and oxygen atoms in total. The third-order valence-corrected chi connectivity index (χ3v) is 4.80. The van der Waals surface area contributed by atoms with Crippen molar-refractivity contribution in [3.8, 4) is 5.88 Å². The average molecular weight is 366 g/mol. The molecule has 2 amide bonds. The summed E-state index contributed by atoms with van der Waals surface area (Å²) in [6, 6.07) is -0.335. The van der Waals surface area contributed by atoms with Gasteiger partial charge in [-0.05, 0) is 44.1 Å². The summed E-state index contributed by atoms with van der Waals surface area (Å²) < 4.78 is 5.82. The van der Waals surface area contributed by atoms with Crippen molar-refractivity contribution in [1.82, 2.24) is 20.6 Å². The van der Waals surface area contributed by atoms with E-state index < -0.39 is 6.04 Å². The largest absolute Gasteiger partial charge is 0.473 e. The first kappa shape index (κ1) is 19.5. The fourth-order valence-electron chi connectivity index (χ4n) is 2.89. The summed E-state index contributed by atoms with van der Waals surface area (Å²) in [7, 11) is 0. The van der Waals surface area contributed by atoms with Crippen LogP contribution in [0.1, 0.15) is 39.0 Å². The van der Waals surface area contributed by atoms with Crippen LogP contribution in [-0.2, 0) is 9.59 Å². The molecule has 2 rings (SSSR count). The number of carbonyl (C=O) groups is 2. The normalized spacial score (nSPS) is 21.2. The molecule has 0 spiro atoms. The maximum absolute atomic E-state index is 12.4. The fourth-order valence-corrected chi connectivity index (χ4v) is 3.37. The number of hydrogen-bond donors (Lipinski definition) is 2. The molecule has 1 saturated carbocycles. The minimum Gasteiger partial charge on any atom is -0.473 e. The van der Waals surface area contributed by atoms with Crippen molar-refractivity contribution >= 4 is 23.6 Å². The van der Waals surface area contributed by atoms with Crippen LogP contribution in [0.25, 0.3) is 0 Å². The lowest BCUT2D eigenvalue weighted by Crippen LogP contribution is -2.50. The van der Waals surface area contributed by atoms with Crippen LogP contribution in [0.5, 0.6) is 5.88 Å². The molecule has 0 radical (unpaired) electrons. The molecular weight excluding hydrogens is 340 g/mol. The van der Waals surface area contributed by atoms with Crippen LogP contribution in [0.4, 0.5) is 0 Å². The van der Waals surface area contributed by atoms with E-state index in [1.807, 2.05) is 6.26 Å². The molecule has 2 N–H and O–H groups in total. The highest BCUT2D eigenvalue weighted by atomic mass is 32.2. The molecule has 138 valence electrons. The van der Waals surface area contributed by atoms with Crippen LogP contribution >= 0.6 is 11.8 Å². The van der Waals surface area contributed by atoms with E-state index >= 15 is 0 Å². The molecule has 25 heavy (non-hydrogen) atoms. The van der Waals surface area contributed by atoms with E-state index in [0.717, 1.165) is 31.4 Å². The highest BCUT2D eigenvalue weighted by Crippen LogP contribution is 2.22. The van der Waals surface area contributed by atoms with Gasteiger partial charge in [0.15, 0.2) is 0 Å². The van der Waals surface area contributed by atoms with Gasteiger partial charge in [-0.2, -0.15) is 11.8 Å². The topological polar surface area (TPSA) is 93.2 Å². The van der Waals surface area contributed by atoms with E-state index in [9.17, 15) is 9.59 Å². The monoisotopic (exact) mass is 366 g/mol. The number of ether oxygens (including phenoxy) is 1. The number of carbonyl (C=O) groups excluding carboxylic acids is 2. The quantitative estimate of drug-likeness (QED) is 0.725. The first-order chi connectivity index (χ1) is 12.1. The van der Waals surface area contributed by atoms with Crippen LogP contribution in [-0.4, -0.2) is 52.0 Å². The van der Waals surface area contributed by atoms with Gasteiger partial charge in [0.05, 0.1) is 6.20 Å². The summed E-state index contributed by atoms with van der Waals surface area (Å²) >= 11 is 1.66. The Hall–Kier alpha value is -1.83. The van der Waals surface area contributed by atoms with Crippen LogP contribution in [0.3, 0.4) is 0 Å². The Bertz CT molecular complexity index is 550. The van der Waals surface area contributed by atoms with Crippen molar-refractivity contribution < 1.29 is 14.3 Å². The van der Waals surface area contributed by atoms with Gasteiger partial charge in [0.1, 0.15) is 12.1 Å². The van der Waals surface area contributed by atoms with Crippen molar-refractivity contribution in [2.45, 2.75) is 57.2 Å². The Morgan fingerprint density at radius 1 is 1.32 bits per heavy atom. The van der Waals surface area contributed by atoms with Crippen molar-refractivity contribution in [3.05, 3.63) is 18.6 Å². The second kappa shape index (κ2) is 10.2. The van der Waals surface area contributed by atoms with Crippen molar-refractivity contribution in [1.29, 1.82) is 0 Å². The lowest BCUT2D eigenvalue weighted by molar-refractivity contribution is -0.128. The Morgan fingerprint density at radius 3 is 2.68 bits per heavy atom. The van der Waals surface area contributed by atoms with Gasteiger partial charge in [-0.3, -0.25) is 14.6 Å². The highest BCUT2D eigenvalue weighted by molar-refractivity contribution is 7.98. The van der Waals surface area contributed by atoms with Gasteiger partial charge in [0.25, 0.3) is 0 Å². The summed E-state index contributed by atoms with van der Waals surface area (Å²) in [5.74, 6) is 1.10. The first-order valence-corrected chi connectivity index (χ1v) is 9.97. The Kier molecular flexibility index (Phi) is 7.97. The van der Waals surface area contributed by atoms with Gasteiger partial charge in [0.2, 0.25) is 17.7 Å². The van der Waals surface area contributed by atoms with Gasteiger partial charge in [-0.15, -0.1) is 0 Å². The molecule has 1 heterocycles. The summed E-state index contributed by atoms with van der Waals surface area (Å²) in [6.07, 6.45) is 11.0. The number of aromatic nitrogens is 2. The van der Waals surface area contributed by atoms with Gasteiger partial charge >= 0.3 is 0 Å². The summed E-state index contributed by atoms with van der Waals surface area (Å²) in [4.78, 5) is 31.9. The zero-order chi connectivity index (χ0) is 18.1. The zero-order valence-corrected chi connectivity index (χ0v) is 15.6. The van der Waals surface area contributed by atoms with E-state index in [0.29, 0.717) is 12.3 Å². The Morgan fingerprint density at radius 2 is 2.08 bits per heavy atom. The fraction of sp³-hybridized carbons (Fsp3) is 0.647. The molecule has 1 fully saturated rings. The van der Waals surface area contributed by atoms with E-state index in [1.165, 1.54) is 6.92 Å². The number of thioether (sulfide) groups is 1. The van der Waals surface area contributed by atoms with Crippen LogP contribution in [0, 0.1) is 0 Å². The number of rotatable bonds is 8. The minimum absolute atomic E-state index is 0.0949. The van der Waals surface area contributed by atoms with Crippen molar-refractivity contribution in [2.75, 3.05) is 12.0 Å². The Labute approximate surface area is 152 Å². The number of amides is 2. The van der Waals surface area contributed by atoms with Crippen LogP contribution in [0.2, 0.25) is 0 Å². The molecule has 0 aromatic carbocycles. The van der Waals surface area contributed by atoms with Crippen molar-refractivity contribution in [2.24, 2.45) is 0 Å². The van der Waals surface area contributed by atoms with Gasteiger partial charge in [0, 0.05) is 25.4 Å². The smallest absolute Gasteiger partial charge is 0.242 e. The Balaban J connectivity index is 1.77. The summed E-state index contributed by atoms with van der Waals surface area (Å²) in [6.45, 7) is 1.44. The second-order valence-corrected chi connectivity index (χ2v) is 7.16. The lowest BCUT2D eigenvalue weighted by atomic mass is 9.92. The molecule has 1 aromatic heterocycles. The van der Waals surface area contributed by atoms with Crippen molar-refractivity contribution in [3.63, 3.8) is 0 Å². The average Bonchev–Trinajstić information content (AvgIpc) is 2.61. The van der Waals surface area contributed by atoms with E-state index in [2.05, 4.69) is 20.6 Å². The zero-order valence-electron chi connectivity index (χ0n) is 14.7. The minimum atomic E-state index is -0.460. The third kappa shape index (κ3) is 6.89. The standard InChI is InChI=1S/C17H26N4O3S/c1-12(22)20-15(7-10-25-2)17(23)21-13-3-5-14(6-4-13)24-16-11-18-8-9-19-16/h8-9,11,13-15H,3-7,10H2,1-2H3,(H,20,22)(H,21,23)/t13?,14?,15-/m1/s1. The molecule has 1 aliphatic rings. The predicted octanol–water partition coefficient (Wildman–Crippen LogP) is 1.54. The third-order valence-electron chi connectivity index (χ3n) is 4.15. The highest BCUT2D eigenvalue weighted by Gasteiger charge is 2.26. The second-order valence-electron chi connectivity index (χ2n) is 6.18. The molecule has 1 aromatic rings. The summed E-state index contributed by atoms with van der Waals surface area (Å²) in [5.41, 5.74) is 0. The molecule has 1 aliphatic carbocycles. The SMILES string of the molecule is CSCC[C@@H](NC(C)=O)C(=O)NC1CCC(Oc2cnccn2)CC1. The lowest BCUT2D eigenvalue weighted by Gasteiger charge is -2.30. The first-order valence-electron chi connectivity index (χ1n) is 8.57. The molecule has 1 atom stereocenters. The van der Waals surface area contributed by atoms with E-state index in [4.69, 9.17) is 4.74 Å². The van der Waals surface area contributed by atoms with Crippen LogP contribution < -0.4 is 15.4 Å². The molecular formula is C17H26N4O3S. The maximum Gasteiger partial charge on any atom is 0.242 e. The van der Waals surface area contributed by atoms with E-state index in [1.54, 1.807) is 30.4 Å². The van der Waals surface area contributed by atoms with E-state index in [-0.39, 0.29) is 24.0 Å². The molecule has 0 saturated heterocycles. The molecule has 0 bridgehead atoms. The van der Waals surface area contributed by atoms with Gasteiger partial charge in [-0.1, -0.05) is 0 Å². The summed E-state index contributed by atoms with van der Waals surface area (Å²) in [5, 5.41) is 5.81. The molecule has 0 unspecified atom stereocenters. The number of hydrogen-bond acceptors (Lipinski definition) is 6. The van der Waals surface area contributed by atoms with Gasteiger partial charge < -0.3 is 15.4 Å². The molecule has 8 heteroatoms. The predicted molar refractivity (Wildman–Crippen MR) is 97.5 cm³/mol. The number of nitrogens with one attached hydrogen (secondary N) is 2. The van der Waals surface area contributed by atoms with Crippen LogP contribution in [0.15, 0.2) is 18.6 Å². The van der Waals surface area contributed by atoms with Gasteiger partial charge in [-0.25, -0.2) is 4.98 Å². The number of nitrogens with zero attached hydrogens (tertiary/aromatic N) is 2. The maximum atomic E-state index is 12.4. The molecule has 0 aliphatic heterocycles.